The van der Waals surface area contributed by atoms with E-state index in [2.05, 4.69) is 10.3 Å². The number of aromatic amines is 1. The van der Waals surface area contributed by atoms with Crippen LogP contribution in [0.2, 0.25) is 5.02 Å². The van der Waals surface area contributed by atoms with Crippen molar-refractivity contribution in [2.24, 2.45) is 0 Å². The van der Waals surface area contributed by atoms with Crippen molar-refractivity contribution in [2.75, 3.05) is 39.3 Å². The molecule has 1 amide bonds. The van der Waals surface area contributed by atoms with Gasteiger partial charge in [0, 0.05) is 32.7 Å². The summed E-state index contributed by atoms with van der Waals surface area (Å²) in [5.74, 6) is -2.45. The number of hydrogen-bond donors (Lipinski definition) is 2. The lowest BCUT2D eigenvalue weighted by Crippen LogP contribution is -2.51. The van der Waals surface area contributed by atoms with Crippen molar-refractivity contribution in [1.82, 2.24) is 20.1 Å². The third-order valence-electron chi connectivity index (χ3n) is 5.29. The van der Waals surface area contributed by atoms with Crippen LogP contribution in [0.15, 0.2) is 12.1 Å². The first-order valence-corrected chi connectivity index (χ1v) is 9.41. The Kier molecular flexibility index (Phi) is 5.24. The van der Waals surface area contributed by atoms with Crippen molar-refractivity contribution in [3.05, 3.63) is 34.5 Å². The predicted molar refractivity (Wildman–Crippen MR) is 97.2 cm³/mol. The van der Waals surface area contributed by atoms with Crippen LogP contribution in [0, 0.1) is 11.6 Å². The molecule has 4 rings (SSSR count). The van der Waals surface area contributed by atoms with E-state index in [-0.39, 0.29) is 29.7 Å². The summed E-state index contributed by atoms with van der Waals surface area (Å²) in [6, 6.07) is 1.78. The zero-order valence-electron chi connectivity index (χ0n) is 14.8. The molecule has 2 aromatic rings. The first kappa shape index (κ1) is 19.5. The van der Waals surface area contributed by atoms with Crippen LogP contribution in [0.5, 0.6) is 0 Å². The summed E-state index contributed by atoms with van der Waals surface area (Å²) in [6.07, 6.45) is -2.09. The molecule has 0 radical (unpaired) electrons. The van der Waals surface area contributed by atoms with Gasteiger partial charge in [-0.05, 0) is 12.1 Å². The number of alkyl halides is 2. The Morgan fingerprint density at radius 1 is 1.21 bits per heavy atom. The third-order valence-corrected chi connectivity index (χ3v) is 5.66. The Morgan fingerprint density at radius 2 is 1.96 bits per heavy atom. The van der Waals surface area contributed by atoms with Crippen LogP contribution >= 0.6 is 11.6 Å². The molecule has 5 nitrogen and oxygen atoms in total. The molecule has 2 atom stereocenters. The second-order valence-corrected chi connectivity index (χ2v) is 7.62. The molecule has 2 saturated heterocycles. The highest BCUT2D eigenvalue weighted by Gasteiger charge is 2.37. The van der Waals surface area contributed by atoms with E-state index in [4.69, 9.17) is 11.6 Å². The Labute approximate surface area is 163 Å². The molecule has 3 heterocycles. The lowest BCUT2D eigenvalue weighted by molar-refractivity contribution is 0.0655. The Balaban J connectivity index is 1.42. The largest absolute Gasteiger partial charge is 0.348 e. The fourth-order valence-electron chi connectivity index (χ4n) is 3.71. The number of H-pyrrole nitrogens is 1. The highest BCUT2D eigenvalue weighted by molar-refractivity contribution is 6.35. The first-order valence-electron chi connectivity index (χ1n) is 9.03. The van der Waals surface area contributed by atoms with Gasteiger partial charge < -0.3 is 15.2 Å². The van der Waals surface area contributed by atoms with Gasteiger partial charge in [-0.15, -0.1) is 0 Å². The lowest BCUT2D eigenvalue weighted by atomic mass is 10.2. The molecular weight excluding hydrogens is 400 g/mol. The van der Waals surface area contributed by atoms with E-state index in [1.165, 1.54) is 11.0 Å². The molecule has 0 unspecified atom stereocenters. The molecule has 10 heteroatoms. The van der Waals surface area contributed by atoms with Crippen LogP contribution in [0.3, 0.4) is 0 Å². The second kappa shape index (κ2) is 7.53. The Morgan fingerprint density at radius 3 is 2.68 bits per heavy atom. The number of nitrogens with one attached hydrogen (secondary N) is 2. The van der Waals surface area contributed by atoms with Crippen LogP contribution in [0.25, 0.3) is 10.9 Å². The number of halogens is 5. The summed E-state index contributed by atoms with van der Waals surface area (Å²) < 4.78 is 55.3. The maximum Gasteiger partial charge on any atom is 0.273 e. The van der Waals surface area contributed by atoms with Gasteiger partial charge in [0.1, 0.15) is 23.9 Å². The van der Waals surface area contributed by atoms with Gasteiger partial charge in [-0.1, -0.05) is 11.6 Å². The van der Waals surface area contributed by atoms with Crippen LogP contribution < -0.4 is 5.32 Å². The molecule has 0 bridgehead atoms. The first-order chi connectivity index (χ1) is 13.3. The van der Waals surface area contributed by atoms with Gasteiger partial charge in [0.25, 0.3) is 5.91 Å². The quantitative estimate of drug-likeness (QED) is 0.734. The zero-order chi connectivity index (χ0) is 20.0. The SMILES string of the molecule is O=C(c1[nH]c2ccc(F)c(Cl)c2c1F)N1C[C@@H](F)[C@@H](NCCN2CC(F)C2)C1. The molecule has 1 aromatic carbocycles. The summed E-state index contributed by atoms with van der Waals surface area (Å²) in [5.41, 5.74) is -0.177. The fourth-order valence-corrected chi connectivity index (χ4v) is 3.96. The fraction of sp³-hybridized carbons (Fsp3) is 0.500. The zero-order valence-corrected chi connectivity index (χ0v) is 15.6. The van der Waals surface area contributed by atoms with E-state index >= 15 is 0 Å². The molecule has 2 N–H and O–H groups in total. The van der Waals surface area contributed by atoms with E-state index < -0.39 is 40.9 Å². The van der Waals surface area contributed by atoms with Crippen molar-refractivity contribution >= 4 is 28.4 Å². The van der Waals surface area contributed by atoms with Crippen LogP contribution in [0.4, 0.5) is 17.6 Å². The number of aromatic nitrogens is 1. The van der Waals surface area contributed by atoms with Gasteiger partial charge in [0.2, 0.25) is 0 Å². The molecular formula is C18H19ClF4N4O. The number of hydrogen-bond acceptors (Lipinski definition) is 3. The topological polar surface area (TPSA) is 51.4 Å². The van der Waals surface area contributed by atoms with Crippen molar-refractivity contribution in [1.29, 1.82) is 0 Å². The van der Waals surface area contributed by atoms with Crippen molar-refractivity contribution in [3.63, 3.8) is 0 Å². The Bertz CT molecular complexity index is 901. The van der Waals surface area contributed by atoms with E-state index in [0.29, 0.717) is 26.2 Å². The number of fused-ring (bicyclic) bond motifs is 1. The summed E-state index contributed by atoms with van der Waals surface area (Å²) >= 11 is 5.81. The van der Waals surface area contributed by atoms with E-state index in [1.807, 2.05) is 4.90 Å². The summed E-state index contributed by atoms with van der Waals surface area (Å²) in [4.78, 5) is 18.4. The molecule has 2 aliphatic rings. The van der Waals surface area contributed by atoms with Gasteiger partial charge in [-0.3, -0.25) is 9.69 Å². The Hall–Kier alpha value is -1.84. The van der Waals surface area contributed by atoms with E-state index in [0.717, 1.165) is 6.07 Å². The number of carbonyl (C=O) groups excluding carboxylic acids is 1. The standard InChI is InChI=1S/C18H19ClF4N4O/c19-15-10(21)1-2-12-14(15)16(23)17(25-12)18(28)27-7-11(22)13(8-27)24-3-4-26-5-9(20)6-26/h1-2,9,11,13,24-25H,3-8H2/t11-,13+/m1/s1. The highest BCUT2D eigenvalue weighted by Crippen LogP contribution is 2.31. The van der Waals surface area contributed by atoms with Crippen molar-refractivity contribution in [3.8, 4) is 0 Å². The van der Waals surface area contributed by atoms with E-state index in [1.54, 1.807) is 0 Å². The van der Waals surface area contributed by atoms with Gasteiger partial charge in [0.15, 0.2) is 5.82 Å². The molecule has 2 fully saturated rings. The number of benzene rings is 1. The normalized spacial score (nSPS) is 23.5. The minimum atomic E-state index is -1.30. The smallest absolute Gasteiger partial charge is 0.273 e. The number of nitrogens with zero attached hydrogens (tertiary/aromatic N) is 2. The van der Waals surface area contributed by atoms with Crippen LogP contribution in [0.1, 0.15) is 10.5 Å². The summed E-state index contributed by atoms with van der Waals surface area (Å²) in [5, 5.41) is 2.43. The minimum absolute atomic E-state index is 0.0721. The number of likely N-dealkylation sites (tertiary alicyclic amines) is 2. The van der Waals surface area contributed by atoms with Gasteiger partial charge in [-0.25, -0.2) is 17.6 Å². The van der Waals surface area contributed by atoms with Crippen molar-refractivity contribution in [2.45, 2.75) is 18.4 Å². The van der Waals surface area contributed by atoms with Crippen LogP contribution in [-0.2, 0) is 0 Å². The van der Waals surface area contributed by atoms with Gasteiger partial charge >= 0.3 is 0 Å². The van der Waals surface area contributed by atoms with E-state index in [9.17, 15) is 22.4 Å². The minimum Gasteiger partial charge on any atom is -0.348 e. The molecule has 0 saturated carbocycles. The number of amides is 1. The molecule has 0 spiro atoms. The lowest BCUT2D eigenvalue weighted by Gasteiger charge is -2.34. The average molecular weight is 419 g/mol. The monoisotopic (exact) mass is 418 g/mol. The highest BCUT2D eigenvalue weighted by atomic mass is 35.5. The maximum absolute atomic E-state index is 14.7. The second-order valence-electron chi connectivity index (χ2n) is 7.24. The van der Waals surface area contributed by atoms with Gasteiger partial charge in [0.05, 0.1) is 28.5 Å². The molecule has 28 heavy (non-hydrogen) atoms. The average Bonchev–Trinajstić information content (AvgIpc) is 3.17. The number of rotatable bonds is 5. The molecule has 1 aromatic heterocycles. The maximum atomic E-state index is 14.7. The number of carbonyl (C=O) groups is 1. The summed E-state index contributed by atoms with van der Waals surface area (Å²) in [7, 11) is 0. The van der Waals surface area contributed by atoms with Gasteiger partial charge in [-0.2, -0.15) is 0 Å². The third kappa shape index (κ3) is 3.46. The van der Waals surface area contributed by atoms with Crippen molar-refractivity contribution < 1.29 is 22.4 Å². The molecule has 0 aliphatic carbocycles. The van der Waals surface area contributed by atoms with Crippen LogP contribution in [-0.4, -0.2) is 78.3 Å². The molecule has 152 valence electrons. The summed E-state index contributed by atoms with van der Waals surface area (Å²) in [6.45, 7) is 1.73. The molecule has 2 aliphatic heterocycles. The predicted octanol–water partition coefficient (Wildman–Crippen LogP) is 2.51.